The predicted octanol–water partition coefficient (Wildman–Crippen LogP) is 4.90. The van der Waals surface area contributed by atoms with E-state index < -0.39 is 6.09 Å². The van der Waals surface area contributed by atoms with Crippen LogP contribution in [0, 0.1) is 6.92 Å². The van der Waals surface area contributed by atoms with Gasteiger partial charge < -0.3 is 28.6 Å². The Morgan fingerprint density at radius 2 is 1.85 bits per heavy atom. The van der Waals surface area contributed by atoms with Crippen LogP contribution in [0.15, 0.2) is 47.9 Å². The molecule has 0 unspecified atom stereocenters. The third-order valence-corrected chi connectivity index (χ3v) is 5.28. The van der Waals surface area contributed by atoms with Gasteiger partial charge in [-0.05, 0) is 67.3 Å². The highest BCUT2D eigenvalue weighted by atomic mass is 35.5. The predicted molar refractivity (Wildman–Crippen MR) is 128 cm³/mol. The van der Waals surface area contributed by atoms with Crippen molar-refractivity contribution in [3.8, 4) is 11.5 Å². The van der Waals surface area contributed by atoms with Gasteiger partial charge in [-0.15, -0.1) is 0 Å². The lowest BCUT2D eigenvalue weighted by Crippen LogP contribution is -2.33. The third kappa shape index (κ3) is 7.88. The Morgan fingerprint density at radius 3 is 2.47 bits per heavy atom. The van der Waals surface area contributed by atoms with Gasteiger partial charge in [-0.2, -0.15) is 0 Å². The van der Waals surface area contributed by atoms with E-state index in [1.807, 2.05) is 43.3 Å². The molecule has 0 aliphatic heterocycles. The van der Waals surface area contributed by atoms with Gasteiger partial charge >= 0.3 is 6.09 Å². The number of allylic oxidation sites excluding steroid dienone is 1. The molecular formula is C25H30ClNO7. The highest BCUT2D eigenvalue weighted by Gasteiger charge is 2.19. The lowest BCUT2D eigenvalue weighted by molar-refractivity contribution is -0.125. The molecule has 0 saturated heterocycles. The summed E-state index contributed by atoms with van der Waals surface area (Å²) in [5, 5.41) is 0.587. The number of methoxy groups -OCH3 is 3. The lowest BCUT2D eigenvalue weighted by Gasteiger charge is -2.23. The molecule has 0 atom stereocenters. The number of benzene rings is 2. The Hall–Kier alpha value is -3.39. The van der Waals surface area contributed by atoms with Gasteiger partial charge in [0.15, 0.2) is 12.4 Å². The number of aryl methyl sites for hydroxylation is 1. The maximum absolute atomic E-state index is 13.0. The zero-order valence-electron chi connectivity index (χ0n) is 20.1. The van der Waals surface area contributed by atoms with Crippen molar-refractivity contribution in [3.05, 3.63) is 69.6 Å². The first-order chi connectivity index (χ1) is 16.3. The van der Waals surface area contributed by atoms with Gasteiger partial charge in [0.25, 0.3) is 6.47 Å². The molecular weight excluding hydrogens is 462 g/mol. The van der Waals surface area contributed by atoms with Crippen LogP contribution in [0.1, 0.15) is 23.6 Å². The van der Waals surface area contributed by atoms with Crippen molar-refractivity contribution in [1.29, 1.82) is 0 Å². The molecule has 0 aliphatic rings. The van der Waals surface area contributed by atoms with Gasteiger partial charge in [0.1, 0.15) is 17.3 Å². The van der Waals surface area contributed by atoms with Crippen LogP contribution in [-0.2, 0) is 32.0 Å². The van der Waals surface area contributed by atoms with E-state index in [9.17, 15) is 9.59 Å². The van der Waals surface area contributed by atoms with E-state index in [1.165, 1.54) is 7.11 Å². The molecule has 0 spiro atoms. The summed E-state index contributed by atoms with van der Waals surface area (Å²) in [6.07, 6.45) is -0.0668. The van der Waals surface area contributed by atoms with Crippen LogP contribution < -0.4 is 9.47 Å². The molecule has 0 radical (unpaired) electrons. The minimum Gasteiger partial charge on any atom is -0.497 e. The fraction of sp³-hybridized carbons (Fsp3) is 0.360. The summed E-state index contributed by atoms with van der Waals surface area (Å²) < 4.78 is 26.2. The van der Waals surface area contributed by atoms with E-state index >= 15 is 0 Å². The fourth-order valence-corrected chi connectivity index (χ4v) is 3.66. The van der Waals surface area contributed by atoms with Gasteiger partial charge in [-0.25, -0.2) is 4.79 Å². The molecule has 9 heteroatoms. The second kappa shape index (κ2) is 13.3. The van der Waals surface area contributed by atoms with Gasteiger partial charge in [-0.1, -0.05) is 17.7 Å². The van der Waals surface area contributed by atoms with Crippen molar-refractivity contribution >= 4 is 24.2 Å². The molecule has 0 heterocycles. The smallest absolute Gasteiger partial charge is 0.410 e. The summed E-state index contributed by atoms with van der Waals surface area (Å²) in [7, 11) is 4.59. The lowest BCUT2D eigenvalue weighted by atomic mass is 10.1. The fourth-order valence-electron chi connectivity index (χ4n) is 3.35. The molecule has 184 valence electrons. The number of carbonyl (C=O) groups excluding carboxylic acids is 2. The molecule has 0 N–H and O–H groups in total. The minimum atomic E-state index is -0.562. The molecule has 0 bridgehead atoms. The minimum absolute atomic E-state index is 0.192. The van der Waals surface area contributed by atoms with Gasteiger partial charge in [-0.3, -0.25) is 4.79 Å². The summed E-state index contributed by atoms with van der Waals surface area (Å²) >= 11 is 6.22. The van der Waals surface area contributed by atoms with Crippen molar-refractivity contribution in [2.24, 2.45) is 0 Å². The molecule has 2 aromatic carbocycles. The monoisotopic (exact) mass is 491 g/mol. The molecule has 0 fully saturated rings. The van der Waals surface area contributed by atoms with Crippen molar-refractivity contribution < 1.29 is 33.3 Å². The van der Waals surface area contributed by atoms with E-state index in [2.05, 4.69) is 0 Å². The molecule has 2 aromatic rings. The van der Waals surface area contributed by atoms with Crippen LogP contribution >= 0.6 is 11.6 Å². The highest BCUT2D eigenvalue weighted by molar-refractivity contribution is 6.30. The Balaban J connectivity index is 2.24. The van der Waals surface area contributed by atoms with Gasteiger partial charge in [0.2, 0.25) is 0 Å². The Morgan fingerprint density at radius 1 is 1.09 bits per heavy atom. The first-order valence-electron chi connectivity index (χ1n) is 10.5. The number of nitrogens with zero attached hydrogens (tertiary/aromatic N) is 1. The second-order valence-corrected chi connectivity index (χ2v) is 7.87. The molecule has 34 heavy (non-hydrogen) atoms. The maximum atomic E-state index is 13.0. The summed E-state index contributed by atoms with van der Waals surface area (Å²) in [6.45, 7) is 4.19. The third-order valence-electron chi connectivity index (χ3n) is 5.06. The van der Waals surface area contributed by atoms with Gasteiger partial charge in [0, 0.05) is 18.1 Å². The molecule has 8 nitrogen and oxygen atoms in total. The first-order valence-corrected chi connectivity index (χ1v) is 10.9. The van der Waals surface area contributed by atoms with E-state index in [4.69, 9.17) is 35.3 Å². The van der Waals surface area contributed by atoms with Crippen molar-refractivity contribution in [3.63, 3.8) is 0 Å². The van der Waals surface area contributed by atoms with Crippen LogP contribution in [0.2, 0.25) is 5.02 Å². The standard InChI is InChI=1S/C25H30ClNO7/c1-17-10-19(12-21(26)11-17)14-27(25(29)33-15-24(32-5)18(2)34-16-28)9-8-20-13-22(30-3)6-7-23(20)31-4/h6-7,10-13,16H,8-9,14-15H2,1-5H3/b24-18-. The van der Waals surface area contributed by atoms with Crippen LogP contribution in [0.3, 0.4) is 0 Å². The Bertz CT molecular complexity index is 1000. The quantitative estimate of drug-likeness (QED) is 0.308. The molecule has 1 amide bonds. The highest BCUT2D eigenvalue weighted by Crippen LogP contribution is 2.25. The number of ether oxygens (including phenoxy) is 5. The molecule has 0 aliphatic carbocycles. The van der Waals surface area contributed by atoms with E-state index in [1.54, 1.807) is 26.0 Å². The van der Waals surface area contributed by atoms with E-state index in [0.29, 0.717) is 29.5 Å². The van der Waals surface area contributed by atoms with E-state index in [0.717, 1.165) is 16.7 Å². The van der Waals surface area contributed by atoms with E-state index in [-0.39, 0.29) is 31.1 Å². The number of amides is 1. The van der Waals surface area contributed by atoms with Crippen LogP contribution in [0.25, 0.3) is 0 Å². The number of hydrogen-bond acceptors (Lipinski definition) is 7. The molecule has 0 saturated carbocycles. The summed E-state index contributed by atoms with van der Waals surface area (Å²) in [4.78, 5) is 25.2. The van der Waals surface area contributed by atoms with Crippen LogP contribution in [0.5, 0.6) is 11.5 Å². The van der Waals surface area contributed by atoms with Crippen LogP contribution in [-0.4, -0.2) is 51.9 Å². The number of carbonyl (C=O) groups is 2. The topological polar surface area (TPSA) is 83.5 Å². The molecule has 0 aromatic heterocycles. The van der Waals surface area contributed by atoms with Gasteiger partial charge in [0.05, 0.1) is 21.3 Å². The second-order valence-electron chi connectivity index (χ2n) is 7.44. The average molecular weight is 492 g/mol. The Labute approximate surface area is 204 Å². The van der Waals surface area contributed by atoms with Crippen LogP contribution in [0.4, 0.5) is 4.79 Å². The average Bonchev–Trinajstić information content (AvgIpc) is 2.81. The SMILES string of the molecule is CO/C(COC(=O)N(CCc1cc(OC)ccc1OC)Cc1cc(C)cc(Cl)c1)=C(/C)OC=O. The molecule has 2 rings (SSSR count). The first kappa shape index (κ1) is 26.9. The number of halogens is 1. The Kier molecular flexibility index (Phi) is 10.5. The zero-order chi connectivity index (χ0) is 25.1. The number of rotatable bonds is 12. The summed E-state index contributed by atoms with van der Waals surface area (Å²) in [5.74, 6) is 1.83. The van der Waals surface area contributed by atoms with Crippen molar-refractivity contribution in [2.75, 3.05) is 34.5 Å². The normalized spacial score (nSPS) is 11.2. The van der Waals surface area contributed by atoms with Crippen molar-refractivity contribution in [1.82, 2.24) is 4.90 Å². The largest absolute Gasteiger partial charge is 0.497 e. The van der Waals surface area contributed by atoms with Crippen molar-refractivity contribution in [2.45, 2.75) is 26.8 Å². The summed E-state index contributed by atoms with van der Waals surface area (Å²) in [6, 6.07) is 11.1. The summed E-state index contributed by atoms with van der Waals surface area (Å²) in [5.41, 5.74) is 2.73. The maximum Gasteiger partial charge on any atom is 0.410 e. The number of hydrogen-bond donors (Lipinski definition) is 0. The zero-order valence-corrected chi connectivity index (χ0v) is 20.8.